The summed E-state index contributed by atoms with van der Waals surface area (Å²) in [4.78, 5) is 31.0. The number of ether oxygens (including phenoxy) is 1. The molecule has 3 aliphatic heterocycles. The van der Waals surface area contributed by atoms with Crippen molar-refractivity contribution in [3.63, 3.8) is 0 Å². The molecule has 1 saturated heterocycles. The number of alkyl halides is 1. The molecule has 1 amide bonds. The van der Waals surface area contributed by atoms with Crippen LogP contribution >= 0.6 is 11.6 Å². The van der Waals surface area contributed by atoms with E-state index in [0.29, 0.717) is 13.0 Å². The Hall–Kier alpha value is -1.46. The van der Waals surface area contributed by atoms with Crippen molar-refractivity contribution in [3.05, 3.63) is 0 Å². The Balaban J connectivity index is 1.59. The minimum absolute atomic E-state index is 0.0304. The number of nitrogens with one attached hydrogen (secondary N) is 3. The zero-order valence-electron chi connectivity index (χ0n) is 14.7. The van der Waals surface area contributed by atoms with E-state index in [4.69, 9.17) is 16.3 Å². The van der Waals surface area contributed by atoms with Gasteiger partial charge in [0, 0.05) is 26.7 Å². The SMILES string of the molecule is COCC(=O)C1=NC(Cl)NCC1NC(=O)C1CCC(N2CCNC2)N=N1. The fraction of sp³-hybridized carbons (Fsp3) is 0.800. The van der Waals surface area contributed by atoms with Crippen molar-refractivity contribution in [2.24, 2.45) is 15.2 Å². The number of hydrogen-bond donors (Lipinski definition) is 3. The number of methoxy groups -OCH3 is 1. The number of azo groups is 1. The van der Waals surface area contributed by atoms with Crippen LogP contribution in [0, 0.1) is 0 Å². The molecule has 0 spiro atoms. The van der Waals surface area contributed by atoms with Gasteiger partial charge in [0.05, 0.1) is 12.7 Å². The molecule has 0 aromatic carbocycles. The van der Waals surface area contributed by atoms with Crippen LogP contribution in [-0.2, 0) is 14.3 Å². The van der Waals surface area contributed by atoms with E-state index < -0.39 is 17.7 Å². The lowest BCUT2D eigenvalue weighted by Gasteiger charge is -2.29. The molecule has 0 aromatic rings. The zero-order valence-corrected chi connectivity index (χ0v) is 15.4. The minimum Gasteiger partial charge on any atom is -0.376 e. The third-order valence-electron chi connectivity index (χ3n) is 4.60. The zero-order chi connectivity index (χ0) is 18.5. The standard InChI is InChI=1S/C15H24ClN7O3/c1-26-7-11(24)13-10(6-18-15(16)20-13)19-14(25)9-2-3-12(22-21-9)23-5-4-17-8-23/h9-10,12,15,17-18H,2-8H2,1H3,(H,19,25). The first-order chi connectivity index (χ1) is 12.6. The molecular weight excluding hydrogens is 362 g/mol. The van der Waals surface area contributed by atoms with Crippen LogP contribution in [0.4, 0.5) is 0 Å². The van der Waals surface area contributed by atoms with Gasteiger partial charge in [-0.05, 0) is 12.8 Å². The summed E-state index contributed by atoms with van der Waals surface area (Å²) >= 11 is 5.94. The number of carbonyl (C=O) groups is 2. The normalized spacial score (nSPS) is 32.3. The predicted molar refractivity (Wildman–Crippen MR) is 95.1 cm³/mol. The van der Waals surface area contributed by atoms with Crippen molar-refractivity contribution >= 4 is 29.0 Å². The second kappa shape index (κ2) is 8.96. The molecule has 0 aromatic heterocycles. The first-order valence-corrected chi connectivity index (χ1v) is 9.14. The molecule has 1 fully saturated rings. The van der Waals surface area contributed by atoms with Crippen molar-refractivity contribution < 1.29 is 14.3 Å². The largest absolute Gasteiger partial charge is 0.376 e. The minimum atomic E-state index is -0.692. The Kier molecular flexibility index (Phi) is 6.65. The summed E-state index contributed by atoms with van der Waals surface area (Å²) in [6.07, 6.45) is 1.43. The predicted octanol–water partition coefficient (Wildman–Crippen LogP) is -0.943. The molecule has 26 heavy (non-hydrogen) atoms. The lowest BCUT2D eigenvalue weighted by Crippen LogP contribution is -2.56. The molecule has 11 heteroatoms. The van der Waals surface area contributed by atoms with E-state index in [2.05, 4.69) is 36.1 Å². The Morgan fingerprint density at radius 3 is 2.88 bits per heavy atom. The van der Waals surface area contributed by atoms with E-state index in [9.17, 15) is 9.59 Å². The molecule has 0 aliphatic carbocycles. The van der Waals surface area contributed by atoms with Crippen LogP contribution in [0.1, 0.15) is 12.8 Å². The van der Waals surface area contributed by atoms with Crippen molar-refractivity contribution in [2.75, 3.05) is 40.0 Å². The Morgan fingerprint density at radius 1 is 1.38 bits per heavy atom. The number of amides is 1. The lowest BCUT2D eigenvalue weighted by atomic mass is 10.0. The van der Waals surface area contributed by atoms with Crippen molar-refractivity contribution in [1.82, 2.24) is 20.9 Å². The summed E-state index contributed by atoms with van der Waals surface area (Å²) in [6.45, 7) is 2.90. The van der Waals surface area contributed by atoms with Crippen LogP contribution in [0.15, 0.2) is 15.2 Å². The monoisotopic (exact) mass is 385 g/mol. The van der Waals surface area contributed by atoms with Gasteiger partial charge in [-0.15, -0.1) is 0 Å². The molecule has 0 bridgehead atoms. The van der Waals surface area contributed by atoms with Gasteiger partial charge in [-0.3, -0.25) is 19.8 Å². The van der Waals surface area contributed by atoms with Crippen LogP contribution < -0.4 is 16.0 Å². The van der Waals surface area contributed by atoms with Gasteiger partial charge < -0.3 is 15.4 Å². The Morgan fingerprint density at radius 2 is 2.23 bits per heavy atom. The number of carbonyl (C=O) groups excluding carboxylic acids is 2. The maximum atomic E-state index is 12.6. The molecule has 0 saturated carbocycles. The molecule has 0 radical (unpaired) electrons. The van der Waals surface area contributed by atoms with E-state index in [1.54, 1.807) is 0 Å². The van der Waals surface area contributed by atoms with Crippen LogP contribution in [0.5, 0.6) is 0 Å². The van der Waals surface area contributed by atoms with E-state index in [1.807, 2.05) is 0 Å². The van der Waals surface area contributed by atoms with Crippen molar-refractivity contribution in [1.29, 1.82) is 0 Å². The number of hydrogen-bond acceptors (Lipinski definition) is 9. The summed E-state index contributed by atoms with van der Waals surface area (Å²) < 4.78 is 4.87. The summed E-state index contributed by atoms with van der Waals surface area (Å²) in [5.74, 6) is -0.554. The van der Waals surface area contributed by atoms with Gasteiger partial charge in [-0.25, -0.2) is 4.99 Å². The highest BCUT2D eigenvalue weighted by Crippen LogP contribution is 2.20. The van der Waals surface area contributed by atoms with E-state index in [1.165, 1.54) is 7.11 Å². The fourth-order valence-electron chi connectivity index (χ4n) is 3.23. The third kappa shape index (κ3) is 4.63. The Bertz CT molecular complexity index is 594. The van der Waals surface area contributed by atoms with Gasteiger partial charge in [-0.1, -0.05) is 11.6 Å². The summed E-state index contributed by atoms with van der Waals surface area (Å²) in [7, 11) is 1.43. The second-order valence-corrected chi connectivity index (χ2v) is 6.86. The highest BCUT2D eigenvalue weighted by atomic mass is 35.5. The average Bonchev–Trinajstić information content (AvgIpc) is 3.18. The summed E-state index contributed by atoms with van der Waals surface area (Å²) in [6, 6.07) is -1.11. The molecule has 4 unspecified atom stereocenters. The number of halogens is 1. The molecule has 3 heterocycles. The van der Waals surface area contributed by atoms with Crippen LogP contribution in [0.3, 0.4) is 0 Å². The van der Waals surface area contributed by atoms with Gasteiger partial charge >= 0.3 is 0 Å². The second-order valence-electron chi connectivity index (χ2n) is 6.45. The maximum absolute atomic E-state index is 12.6. The Labute approximate surface area is 156 Å². The van der Waals surface area contributed by atoms with Crippen molar-refractivity contribution in [2.45, 2.75) is 36.7 Å². The maximum Gasteiger partial charge on any atom is 0.247 e. The number of Topliss-reactive ketones (excluding diaryl/α,β-unsaturated/α-hetero) is 1. The first-order valence-electron chi connectivity index (χ1n) is 8.71. The highest BCUT2D eigenvalue weighted by molar-refractivity contribution is 6.43. The van der Waals surface area contributed by atoms with Crippen LogP contribution in [0.2, 0.25) is 0 Å². The van der Waals surface area contributed by atoms with Crippen LogP contribution in [-0.4, -0.2) is 86.2 Å². The third-order valence-corrected chi connectivity index (χ3v) is 4.85. The quantitative estimate of drug-likeness (QED) is 0.401. The molecule has 3 N–H and O–H groups in total. The first kappa shape index (κ1) is 19.3. The fourth-order valence-corrected chi connectivity index (χ4v) is 3.42. The number of nitrogens with zero attached hydrogens (tertiary/aromatic N) is 4. The van der Waals surface area contributed by atoms with Crippen LogP contribution in [0.25, 0.3) is 0 Å². The van der Waals surface area contributed by atoms with Gasteiger partial charge in [-0.2, -0.15) is 10.2 Å². The molecule has 4 atom stereocenters. The summed E-state index contributed by atoms with van der Waals surface area (Å²) in [5, 5.41) is 17.5. The number of rotatable bonds is 6. The van der Waals surface area contributed by atoms with Crippen molar-refractivity contribution in [3.8, 4) is 0 Å². The smallest absolute Gasteiger partial charge is 0.247 e. The number of aliphatic imine (C=N–C) groups is 1. The van der Waals surface area contributed by atoms with Gasteiger partial charge in [0.15, 0.2) is 5.62 Å². The molecule has 10 nitrogen and oxygen atoms in total. The van der Waals surface area contributed by atoms with E-state index in [-0.39, 0.29) is 30.2 Å². The van der Waals surface area contributed by atoms with E-state index >= 15 is 0 Å². The number of ketones is 1. The van der Waals surface area contributed by atoms with Gasteiger partial charge in [0.1, 0.15) is 24.5 Å². The average molecular weight is 386 g/mol. The highest BCUT2D eigenvalue weighted by Gasteiger charge is 2.33. The van der Waals surface area contributed by atoms with Gasteiger partial charge in [0.2, 0.25) is 11.7 Å². The lowest BCUT2D eigenvalue weighted by molar-refractivity contribution is -0.123. The molecule has 3 aliphatic rings. The topological polar surface area (TPSA) is 120 Å². The van der Waals surface area contributed by atoms with E-state index in [0.717, 1.165) is 26.2 Å². The molecule has 3 rings (SSSR count). The molecular formula is C15H24ClN7O3. The molecule has 144 valence electrons. The van der Waals surface area contributed by atoms with Gasteiger partial charge in [0.25, 0.3) is 0 Å². The summed E-state index contributed by atoms with van der Waals surface area (Å²) in [5.41, 5.74) is -0.476.